The van der Waals surface area contributed by atoms with Crippen LogP contribution in [-0.4, -0.2) is 41.3 Å². The molecule has 3 rings (SSSR count). The van der Waals surface area contributed by atoms with Gasteiger partial charge < -0.3 is 9.47 Å². The van der Waals surface area contributed by atoms with E-state index in [0.29, 0.717) is 17.4 Å². The minimum atomic E-state index is 0.535. The standard InChI is InChI=1S/C18H17BrClN3O2S/c1-24-9-10-26-18-22-21-17(12-3-5-13(19)6-4-12)23(18)14-7-8-16(25-2)15(20)11-14/h3-8,11H,9-10H2,1-2H3. The van der Waals surface area contributed by atoms with Crippen LogP contribution in [0.15, 0.2) is 52.1 Å². The summed E-state index contributed by atoms with van der Waals surface area (Å²) in [5, 5.41) is 10.1. The Morgan fingerprint density at radius 2 is 1.88 bits per heavy atom. The molecule has 0 aliphatic carbocycles. The molecule has 0 radical (unpaired) electrons. The summed E-state index contributed by atoms with van der Waals surface area (Å²) in [4.78, 5) is 0. The van der Waals surface area contributed by atoms with Crippen LogP contribution in [0.3, 0.4) is 0 Å². The molecule has 0 aliphatic heterocycles. The maximum absolute atomic E-state index is 6.33. The highest BCUT2D eigenvalue weighted by Crippen LogP contribution is 2.32. The number of aromatic nitrogens is 3. The Bertz CT molecular complexity index is 887. The van der Waals surface area contributed by atoms with Crippen molar-refractivity contribution in [2.75, 3.05) is 26.6 Å². The normalized spacial score (nSPS) is 10.9. The fraction of sp³-hybridized carbons (Fsp3) is 0.222. The molecule has 0 N–H and O–H groups in total. The number of thioether (sulfide) groups is 1. The van der Waals surface area contributed by atoms with Crippen molar-refractivity contribution in [2.45, 2.75) is 5.16 Å². The molecule has 3 aromatic rings. The van der Waals surface area contributed by atoms with Crippen LogP contribution >= 0.6 is 39.3 Å². The second kappa shape index (κ2) is 8.90. The molecule has 0 saturated carbocycles. The number of rotatable bonds is 7. The fourth-order valence-corrected chi connectivity index (χ4v) is 3.76. The van der Waals surface area contributed by atoms with Crippen LogP contribution in [0.4, 0.5) is 0 Å². The van der Waals surface area contributed by atoms with Crippen molar-refractivity contribution < 1.29 is 9.47 Å². The van der Waals surface area contributed by atoms with Crippen molar-refractivity contribution in [2.24, 2.45) is 0 Å². The van der Waals surface area contributed by atoms with E-state index in [2.05, 4.69) is 26.1 Å². The summed E-state index contributed by atoms with van der Waals surface area (Å²) in [6.07, 6.45) is 0. The predicted octanol–water partition coefficient (Wildman–Crippen LogP) is 5.10. The first-order chi connectivity index (χ1) is 12.6. The smallest absolute Gasteiger partial charge is 0.196 e. The molecule has 0 aliphatic rings. The number of methoxy groups -OCH3 is 2. The summed E-state index contributed by atoms with van der Waals surface area (Å²) in [7, 11) is 3.28. The van der Waals surface area contributed by atoms with Gasteiger partial charge in [-0.15, -0.1) is 10.2 Å². The summed E-state index contributed by atoms with van der Waals surface area (Å²) in [6, 6.07) is 13.6. The van der Waals surface area contributed by atoms with Gasteiger partial charge in [0.05, 0.1) is 24.4 Å². The lowest BCUT2D eigenvalue weighted by molar-refractivity contribution is 0.218. The maximum atomic E-state index is 6.33. The zero-order chi connectivity index (χ0) is 18.5. The summed E-state index contributed by atoms with van der Waals surface area (Å²) in [5.74, 6) is 2.15. The van der Waals surface area contributed by atoms with E-state index in [-0.39, 0.29) is 0 Å². The maximum Gasteiger partial charge on any atom is 0.196 e. The van der Waals surface area contributed by atoms with E-state index in [9.17, 15) is 0 Å². The third-order valence-corrected chi connectivity index (χ3v) is 5.37. The van der Waals surface area contributed by atoms with E-state index in [1.807, 2.05) is 47.0 Å². The molecule has 0 unspecified atom stereocenters. The van der Waals surface area contributed by atoms with Crippen molar-refractivity contribution >= 4 is 39.3 Å². The zero-order valence-electron chi connectivity index (χ0n) is 14.3. The van der Waals surface area contributed by atoms with Crippen molar-refractivity contribution in [3.63, 3.8) is 0 Å². The molecule has 5 nitrogen and oxygen atoms in total. The Kier molecular flexibility index (Phi) is 6.58. The topological polar surface area (TPSA) is 49.2 Å². The van der Waals surface area contributed by atoms with Gasteiger partial charge in [-0.3, -0.25) is 4.57 Å². The molecule has 0 amide bonds. The van der Waals surface area contributed by atoms with Gasteiger partial charge >= 0.3 is 0 Å². The van der Waals surface area contributed by atoms with Gasteiger partial charge in [0.1, 0.15) is 5.75 Å². The van der Waals surface area contributed by atoms with Crippen LogP contribution < -0.4 is 4.74 Å². The third kappa shape index (κ3) is 4.23. The molecule has 1 heterocycles. The number of halogens is 2. The molecule has 0 bridgehead atoms. The third-order valence-electron chi connectivity index (χ3n) is 3.65. The van der Waals surface area contributed by atoms with Crippen molar-refractivity contribution in [3.8, 4) is 22.8 Å². The van der Waals surface area contributed by atoms with Crippen molar-refractivity contribution in [3.05, 3.63) is 52.0 Å². The summed E-state index contributed by atoms with van der Waals surface area (Å²) in [6.45, 7) is 0.633. The molecule has 1 aromatic heterocycles. The van der Waals surface area contributed by atoms with Gasteiger partial charge in [0.2, 0.25) is 0 Å². The van der Waals surface area contributed by atoms with Crippen LogP contribution in [0.2, 0.25) is 5.02 Å². The first kappa shape index (κ1) is 19.2. The van der Waals surface area contributed by atoms with Gasteiger partial charge in [-0.1, -0.05) is 51.4 Å². The fourth-order valence-electron chi connectivity index (χ4n) is 2.39. The lowest BCUT2D eigenvalue weighted by atomic mass is 10.2. The van der Waals surface area contributed by atoms with Crippen LogP contribution in [0.25, 0.3) is 17.1 Å². The van der Waals surface area contributed by atoms with Crippen LogP contribution in [0.5, 0.6) is 5.75 Å². The monoisotopic (exact) mass is 453 g/mol. The van der Waals surface area contributed by atoms with Gasteiger partial charge in [0, 0.05) is 22.9 Å². The summed E-state index contributed by atoms with van der Waals surface area (Å²) < 4.78 is 13.4. The Morgan fingerprint density at radius 1 is 1.12 bits per heavy atom. The number of benzene rings is 2. The second-order valence-corrected chi connectivity index (χ2v) is 7.69. The highest BCUT2D eigenvalue weighted by atomic mass is 79.9. The predicted molar refractivity (Wildman–Crippen MR) is 109 cm³/mol. The van der Waals surface area contributed by atoms with Gasteiger partial charge in [0.25, 0.3) is 0 Å². The number of ether oxygens (including phenoxy) is 2. The highest BCUT2D eigenvalue weighted by molar-refractivity contribution is 9.10. The van der Waals surface area contributed by atoms with E-state index in [1.165, 1.54) is 0 Å². The minimum Gasteiger partial charge on any atom is -0.495 e. The van der Waals surface area contributed by atoms with E-state index >= 15 is 0 Å². The molecule has 8 heteroatoms. The minimum absolute atomic E-state index is 0.535. The lowest BCUT2D eigenvalue weighted by Crippen LogP contribution is -2.01. The molecule has 136 valence electrons. The number of hydrogen-bond donors (Lipinski definition) is 0. The molecule has 0 fully saturated rings. The first-order valence-corrected chi connectivity index (χ1v) is 9.96. The van der Waals surface area contributed by atoms with Crippen LogP contribution in [0.1, 0.15) is 0 Å². The van der Waals surface area contributed by atoms with E-state index < -0.39 is 0 Å². The Labute approximate surface area is 169 Å². The van der Waals surface area contributed by atoms with Gasteiger partial charge in [0.15, 0.2) is 11.0 Å². The average molecular weight is 455 g/mol. The lowest BCUT2D eigenvalue weighted by Gasteiger charge is -2.12. The Balaban J connectivity index is 2.08. The number of nitrogens with zero attached hydrogens (tertiary/aromatic N) is 3. The molecule has 0 saturated heterocycles. The van der Waals surface area contributed by atoms with Crippen LogP contribution in [-0.2, 0) is 4.74 Å². The SMILES string of the molecule is COCCSc1nnc(-c2ccc(Br)cc2)n1-c1ccc(OC)c(Cl)c1. The molecule has 0 atom stereocenters. The summed E-state index contributed by atoms with van der Waals surface area (Å²) in [5.41, 5.74) is 1.84. The van der Waals surface area contributed by atoms with E-state index in [4.69, 9.17) is 21.1 Å². The van der Waals surface area contributed by atoms with Crippen LogP contribution in [0, 0.1) is 0 Å². The second-order valence-electron chi connectivity index (χ2n) is 5.31. The molecular weight excluding hydrogens is 438 g/mol. The molecule has 2 aromatic carbocycles. The average Bonchev–Trinajstić information content (AvgIpc) is 3.06. The first-order valence-electron chi connectivity index (χ1n) is 7.81. The Morgan fingerprint density at radius 3 is 2.54 bits per heavy atom. The largest absolute Gasteiger partial charge is 0.495 e. The number of hydrogen-bond acceptors (Lipinski definition) is 5. The molecule has 26 heavy (non-hydrogen) atoms. The van der Waals surface area contributed by atoms with Gasteiger partial charge in [-0.25, -0.2) is 0 Å². The van der Waals surface area contributed by atoms with E-state index in [0.717, 1.165) is 32.5 Å². The zero-order valence-corrected chi connectivity index (χ0v) is 17.4. The van der Waals surface area contributed by atoms with Crippen molar-refractivity contribution in [1.82, 2.24) is 14.8 Å². The molecule has 0 spiro atoms. The van der Waals surface area contributed by atoms with Crippen molar-refractivity contribution in [1.29, 1.82) is 0 Å². The highest BCUT2D eigenvalue weighted by Gasteiger charge is 2.17. The van der Waals surface area contributed by atoms with Gasteiger partial charge in [-0.2, -0.15) is 0 Å². The Hall–Kier alpha value is -1.54. The molecular formula is C18H17BrClN3O2S. The van der Waals surface area contributed by atoms with E-state index in [1.54, 1.807) is 26.0 Å². The quantitative estimate of drug-likeness (QED) is 0.367. The summed E-state index contributed by atoms with van der Waals surface area (Å²) >= 11 is 11.4. The van der Waals surface area contributed by atoms with Gasteiger partial charge in [-0.05, 0) is 30.3 Å².